The summed E-state index contributed by atoms with van der Waals surface area (Å²) in [5.74, 6) is -0.507. The SMILES string of the molecule is Cc1ccc(S(=O)(=O)C(C(=O)CF)c2[nH]c(C(C)C)nc2C(C)C)cc1. The average Bonchev–Trinajstić information content (AvgIpc) is 3.00. The van der Waals surface area contributed by atoms with Crippen LogP contribution in [-0.2, 0) is 14.6 Å². The number of aryl methyl sites for hydroxylation is 1. The van der Waals surface area contributed by atoms with Crippen LogP contribution in [0.5, 0.6) is 0 Å². The Bertz CT molecular complexity index is 884. The van der Waals surface area contributed by atoms with Crippen LogP contribution in [0.1, 0.15) is 67.6 Å². The number of hydrogen-bond donors (Lipinski definition) is 1. The van der Waals surface area contributed by atoms with Crippen LogP contribution in [0.4, 0.5) is 4.39 Å². The van der Waals surface area contributed by atoms with E-state index in [1.807, 2.05) is 34.6 Å². The number of benzene rings is 1. The van der Waals surface area contributed by atoms with Gasteiger partial charge < -0.3 is 4.98 Å². The first-order chi connectivity index (χ1) is 12.1. The molecule has 0 aliphatic rings. The van der Waals surface area contributed by atoms with Gasteiger partial charge in [0.25, 0.3) is 0 Å². The van der Waals surface area contributed by atoms with E-state index in [0.717, 1.165) is 5.56 Å². The van der Waals surface area contributed by atoms with Gasteiger partial charge in [-0.1, -0.05) is 45.4 Å². The standard InChI is InChI=1S/C19H25FN2O3S/c1-11(2)16-17(22-19(21-16)12(3)4)18(15(23)10-20)26(24,25)14-8-6-13(5)7-9-14/h6-9,11-12,18H,10H2,1-5H3,(H,21,22). The number of carbonyl (C=O) groups excluding carboxylic acids is 1. The highest BCUT2D eigenvalue weighted by Gasteiger charge is 2.39. The lowest BCUT2D eigenvalue weighted by Crippen LogP contribution is -2.25. The first kappa shape index (κ1) is 20.3. The summed E-state index contributed by atoms with van der Waals surface area (Å²) in [7, 11) is -4.11. The summed E-state index contributed by atoms with van der Waals surface area (Å²) < 4.78 is 39.6. The molecule has 0 saturated carbocycles. The van der Waals surface area contributed by atoms with Gasteiger partial charge in [0, 0.05) is 5.92 Å². The number of ketones is 1. The zero-order chi connectivity index (χ0) is 19.6. The molecule has 0 amide bonds. The predicted octanol–water partition coefficient (Wildman–Crippen LogP) is 4.02. The van der Waals surface area contributed by atoms with Crippen molar-refractivity contribution in [2.75, 3.05) is 6.67 Å². The predicted molar refractivity (Wildman–Crippen MR) is 98.9 cm³/mol. The summed E-state index contributed by atoms with van der Waals surface area (Å²) in [4.78, 5) is 19.8. The third-order valence-electron chi connectivity index (χ3n) is 4.22. The third kappa shape index (κ3) is 3.87. The zero-order valence-corrected chi connectivity index (χ0v) is 16.5. The van der Waals surface area contributed by atoms with Crippen molar-refractivity contribution in [3.63, 3.8) is 0 Å². The monoisotopic (exact) mass is 380 g/mol. The number of aromatic nitrogens is 2. The number of H-pyrrole nitrogens is 1. The van der Waals surface area contributed by atoms with E-state index in [0.29, 0.717) is 11.5 Å². The van der Waals surface area contributed by atoms with Crippen LogP contribution in [0.2, 0.25) is 0 Å². The third-order valence-corrected chi connectivity index (χ3v) is 6.27. The lowest BCUT2D eigenvalue weighted by atomic mass is 10.1. The van der Waals surface area contributed by atoms with Gasteiger partial charge in [0.05, 0.1) is 16.3 Å². The maximum atomic E-state index is 13.3. The summed E-state index contributed by atoms with van der Waals surface area (Å²) in [5, 5.41) is -1.63. The smallest absolute Gasteiger partial charge is 0.194 e. The van der Waals surface area contributed by atoms with E-state index in [1.165, 1.54) is 12.1 Å². The Labute approximate surface area is 154 Å². The van der Waals surface area contributed by atoms with Gasteiger partial charge in [-0.25, -0.2) is 17.8 Å². The Balaban J connectivity index is 2.69. The second kappa shape index (κ2) is 7.70. The molecule has 1 atom stereocenters. The van der Waals surface area contributed by atoms with Gasteiger partial charge in [-0.05, 0) is 25.0 Å². The van der Waals surface area contributed by atoms with Crippen LogP contribution in [0.15, 0.2) is 29.2 Å². The number of rotatable bonds is 7. The van der Waals surface area contributed by atoms with Gasteiger partial charge in [0.2, 0.25) is 0 Å². The maximum Gasteiger partial charge on any atom is 0.194 e. The number of hydrogen-bond acceptors (Lipinski definition) is 4. The van der Waals surface area contributed by atoms with Crippen LogP contribution in [0.3, 0.4) is 0 Å². The number of imidazole rings is 1. The van der Waals surface area contributed by atoms with Gasteiger partial charge >= 0.3 is 0 Å². The van der Waals surface area contributed by atoms with Gasteiger partial charge in [-0.15, -0.1) is 0 Å². The van der Waals surface area contributed by atoms with E-state index in [4.69, 9.17) is 0 Å². The van der Waals surface area contributed by atoms with E-state index in [1.54, 1.807) is 12.1 Å². The molecule has 142 valence electrons. The molecule has 7 heteroatoms. The van der Waals surface area contributed by atoms with E-state index in [2.05, 4.69) is 9.97 Å². The molecular weight excluding hydrogens is 355 g/mol. The molecule has 1 N–H and O–H groups in total. The Hall–Kier alpha value is -2.02. The number of nitrogens with zero attached hydrogens (tertiary/aromatic N) is 1. The second-order valence-corrected chi connectivity index (χ2v) is 9.10. The molecule has 0 aliphatic heterocycles. The summed E-state index contributed by atoms with van der Waals surface area (Å²) in [5.41, 5.74) is 1.55. The minimum Gasteiger partial charge on any atom is -0.344 e. The van der Waals surface area contributed by atoms with Crippen LogP contribution in [0.25, 0.3) is 0 Å². The van der Waals surface area contributed by atoms with E-state index in [9.17, 15) is 17.6 Å². The Morgan fingerprint density at radius 2 is 1.69 bits per heavy atom. The molecule has 0 saturated heterocycles. The fraction of sp³-hybridized carbons (Fsp3) is 0.474. The summed E-state index contributed by atoms with van der Waals surface area (Å²) in [6, 6.07) is 6.19. The molecule has 1 aromatic heterocycles. The molecule has 0 fully saturated rings. The Kier molecular flexibility index (Phi) is 6.01. The highest BCUT2D eigenvalue weighted by Crippen LogP contribution is 2.34. The summed E-state index contributed by atoms with van der Waals surface area (Å²) >= 11 is 0. The Morgan fingerprint density at radius 3 is 2.15 bits per heavy atom. The summed E-state index contributed by atoms with van der Waals surface area (Å²) in [6.07, 6.45) is 0. The quantitative estimate of drug-likeness (QED) is 0.787. The topological polar surface area (TPSA) is 79.9 Å². The molecule has 2 aromatic rings. The van der Waals surface area contributed by atoms with Crippen LogP contribution in [-0.4, -0.2) is 30.8 Å². The average molecular weight is 380 g/mol. The fourth-order valence-electron chi connectivity index (χ4n) is 2.76. The van der Waals surface area contributed by atoms with Crippen molar-refractivity contribution in [2.24, 2.45) is 0 Å². The van der Waals surface area contributed by atoms with Crippen molar-refractivity contribution in [3.8, 4) is 0 Å². The number of halogens is 1. The lowest BCUT2D eigenvalue weighted by Gasteiger charge is -2.17. The van der Waals surface area contributed by atoms with Crippen molar-refractivity contribution >= 4 is 15.6 Å². The first-order valence-corrected chi connectivity index (χ1v) is 10.1. The zero-order valence-electron chi connectivity index (χ0n) is 15.7. The molecular formula is C19H25FN2O3S. The Morgan fingerprint density at radius 1 is 1.12 bits per heavy atom. The number of nitrogens with one attached hydrogen (secondary N) is 1. The molecule has 0 bridgehead atoms. The van der Waals surface area contributed by atoms with Gasteiger partial charge in [-0.3, -0.25) is 4.79 Å². The largest absolute Gasteiger partial charge is 0.344 e. The highest BCUT2D eigenvalue weighted by atomic mass is 32.2. The van der Waals surface area contributed by atoms with Gasteiger partial charge in [0.1, 0.15) is 12.5 Å². The van der Waals surface area contributed by atoms with E-state index < -0.39 is 27.5 Å². The molecule has 26 heavy (non-hydrogen) atoms. The number of alkyl halides is 1. The molecule has 1 aromatic carbocycles. The van der Waals surface area contributed by atoms with E-state index in [-0.39, 0.29) is 22.4 Å². The normalized spacial score (nSPS) is 13.4. The number of carbonyl (C=O) groups is 1. The van der Waals surface area contributed by atoms with E-state index >= 15 is 0 Å². The number of aromatic amines is 1. The van der Waals surface area contributed by atoms with Crippen molar-refractivity contribution in [2.45, 2.75) is 56.6 Å². The fourth-order valence-corrected chi connectivity index (χ4v) is 4.44. The second-order valence-electron chi connectivity index (χ2n) is 7.07. The van der Waals surface area contributed by atoms with Gasteiger partial charge in [-0.2, -0.15) is 0 Å². The molecule has 2 rings (SSSR count). The molecule has 1 heterocycles. The molecule has 0 aliphatic carbocycles. The number of sulfone groups is 1. The van der Waals surface area contributed by atoms with Crippen LogP contribution in [0, 0.1) is 6.92 Å². The molecule has 0 spiro atoms. The van der Waals surface area contributed by atoms with Crippen molar-refractivity contribution in [1.29, 1.82) is 0 Å². The van der Waals surface area contributed by atoms with Crippen molar-refractivity contribution in [1.82, 2.24) is 9.97 Å². The molecule has 1 unspecified atom stereocenters. The lowest BCUT2D eigenvalue weighted by molar-refractivity contribution is -0.119. The maximum absolute atomic E-state index is 13.3. The summed E-state index contributed by atoms with van der Waals surface area (Å²) in [6.45, 7) is 8.02. The molecule has 0 radical (unpaired) electrons. The minimum absolute atomic E-state index is 0.00898. The minimum atomic E-state index is -4.11. The van der Waals surface area contributed by atoms with Crippen molar-refractivity contribution < 1.29 is 17.6 Å². The van der Waals surface area contributed by atoms with Crippen LogP contribution >= 0.6 is 0 Å². The number of Topliss-reactive ketones (excluding diaryl/α,β-unsaturated/α-hetero) is 1. The van der Waals surface area contributed by atoms with Gasteiger partial charge in [0.15, 0.2) is 20.9 Å². The van der Waals surface area contributed by atoms with Crippen LogP contribution < -0.4 is 0 Å². The highest BCUT2D eigenvalue weighted by molar-refractivity contribution is 7.92. The molecule has 5 nitrogen and oxygen atoms in total. The first-order valence-electron chi connectivity index (χ1n) is 8.58. The van der Waals surface area contributed by atoms with Crippen molar-refractivity contribution in [3.05, 3.63) is 47.0 Å².